The molecule has 19 heavy (non-hydrogen) atoms. The normalized spacial score (nSPS) is 11.2. The van der Waals surface area contributed by atoms with E-state index in [1.165, 1.54) is 12.3 Å². The number of nitriles is 1. The van der Waals surface area contributed by atoms with Gasteiger partial charge >= 0.3 is 0 Å². The van der Waals surface area contributed by atoms with Crippen LogP contribution < -0.4 is 9.47 Å². The topological polar surface area (TPSA) is 55.1 Å². The fraction of sp³-hybridized carbons (Fsp3) is 0.500. The summed E-state index contributed by atoms with van der Waals surface area (Å²) in [5.74, 6) is 0.616. The lowest BCUT2D eigenvalue weighted by molar-refractivity contribution is 0.0794. The van der Waals surface area contributed by atoms with E-state index in [-0.39, 0.29) is 12.5 Å². The SMILES string of the molecule is CC(C)(C#N)COc1cnc(OCC(F)F)cc1I. The van der Waals surface area contributed by atoms with Crippen molar-refractivity contribution in [1.82, 2.24) is 4.98 Å². The Morgan fingerprint density at radius 3 is 2.68 bits per heavy atom. The Bertz CT molecular complexity index is 475. The Morgan fingerprint density at radius 1 is 1.47 bits per heavy atom. The highest BCUT2D eigenvalue weighted by molar-refractivity contribution is 14.1. The van der Waals surface area contributed by atoms with E-state index < -0.39 is 18.4 Å². The molecule has 0 aliphatic heterocycles. The number of ether oxygens (including phenoxy) is 2. The monoisotopic (exact) mass is 382 g/mol. The van der Waals surface area contributed by atoms with Crippen LogP contribution in [0.1, 0.15) is 13.8 Å². The maximum atomic E-state index is 12.0. The van der Waals surface area contributed by atoms with E-state index in [1.807, 2.05) is 22.6 Å². The van der Waals surface area contributed by atoms with Crippen molar-refractivity contribution in [3.05, 3.63) is 15.8 Å². The van der Waals surface area contributed by atoms with Gasteiger partial charge in [-0.1, -0.05) is 0 Å². The van der Waals surface area contributed by atoms with Gasteiger partial charge in [0.25, 0.3) is 6.43 Å². The van der Waals surface area contributed by atoms with E-state index >= 15 is 0 Å². The third-order valence-corrected chi connectivity index (χ3v) is 2.89. The van der Waals surface area contributed by atoms with Crippen molar-refractivity contribution in [2.75, 3.05) is 13.2 Å². The zero-order valence-electron chi connectivity index (χ0n) is 10.5. The lowest BCUT2D eigenvalue weighted by atomic mass is 9.98. The number of hydrogen-bond donors (Lipinski definition) is 0. The minimum Gasteiger partial charge on any atom is -0.489 e. The van der Waals surface area contributed by atoms with Gasteiger partial charge in [0.15, 0.2) is 12.4 Å². The minimum atomic E-state index is -2.54. The standard InChI is InChI=1S/C12H13F2IN2O2/c1-12(2,6-16)7-19-9-4-17-11(3-8(9)15)18-5-10(13)14/h3-4,10H,5,7H2,1-2H3. The van der Waals surface area contributed by atoms with Crippen LogP contribution in [-0.4, -0.2) is 24.6 Å². The minimum absolute atomic E-state index is 0.122. The molecule has 0 N–H and O–H groups in total. The van der Waals surface area contributed by atoms with E-state index in [1.54, 1.807) is 13.8 Å². The molecule has 0 bridgehead atoms. The van der Waals surface area contributed by atoms with E-state index in [0.29, 0.717) is 9.32 Å². The van der Waals surface area contributed by atoms with Gasteiger partial charge in [0, 0.05) is 6.07 Å². The van der Waals surface area contributed by atoms with Crippen LogP contribution in [0, 0.1) is 20.3 Å². The van der Waals surface area contributed by atoms with Crippen LogP contribution in [0.15, 0.2) is 12.3 Å². The zero-order chi connectivity index (χ0) is 14.5. The molecular weight excluding hydrogens is 369 g/mol. The van der Waals surface area contributed by atoms with E-state index in [9.17, 15) is 8.78 Å². The lowest BCUT2D eigenvalue weighted by Crippen LogP contribution is -2.19. The summed E-state index contributed by atoms with van der Waals surface area (Å²) in [7, 11) is 0. The summed E-state index contributed by atoms with van der Waals surface area (Å²) in [4.78, 5) is 3.87. The molecule has 1 aromatic heterocycles. The van der Waals surface area contributed by atoms with Gasteiger partial charge in [-0.05, 0) is 36.4 Å². The number of halogens is 3. The summed E-state index contributed by atoms with van der Waals surface area (Å²) in [6.45, 7) is 3.05. The van der Waals surface area contributed by atoms with Gasteiger partial charge in [-0.2, -0.15) is 5.26 Å². The molecule has 0 aliphatic carbocycles. The van der Waals surface area contributed by atoms with Gasteiger partial charge in [0.1, 0.15) is 6.61 Å². The van der Waals surface area contributed by atoms with Crippen LogP contribution in [0.4, 0.5) is 8.78 Å². The van der Waals surface area contributed by atoms with Crippen molar-refractivity contribution >= 4 is 22.6 Å². The zero-order valence-corrected chi connectivity index (χ0v) is 12.6. The molecule has 0 radical (unpaired) electrons. The molecule has 0 amide bonds. The molecule has 0 aromatic carbocycles. The Morgan fingerprint density at radius 2 is 2.16 bits per heavy atom. The average Bonchev–Trinajstić information content (AvgIpc) is 2.35. The van der Waals surface area contributed by atoms with Crippen LogP contribution in [0.2, 0.25) is 0 Å². The molecule has 4 nitrogen and oxygen atoms in total. The number of pyridine rings is 1. The fourth-order valence-electron chi connectivity index (χ4n) is 1.02. The smallest absolute Gasteiger partial charge is 0.272 e. The third-order valence-electron chi connectivity index (χ3n) is 2.04. The molecule has 1 rings (SSSR count). The highest BCUT2D eigenvalue weighted by Gasteiger charge is 2.18. The first-order valence-corrected chi connectivity index (χ1v) is 6.52. The van der Waals surface area contributed by atoms with Crippen molar-refractivity contribution in [2.24, 2.45) is 5.41 Å². The summed E-state index contributed by atoms with van der Waals surface area (Å²) in [6.07, 6.45) is -1.14. The van der Waals surface area contributed by atoms with Gasteiger partial charge < -0.3 is 9.47 Å². The lowest BCUT2D eigenvalue weighted by Gasteiger charge is -2.17. The summed E-state index contributed by atoms with van der Waals surface area (Å²) < 4.78 is 34.9. The molecule has 0 atom stereocenters. The largest absolute Gasteiger partial charge is 0.489 e. The number of alkyl halides is 2. The maximum Gasteiger partial charge on any atom is 0.272 e. The molecule has 7 heteroatoms. The van der Waals surface area contributed by atoms with Crippen molar-refractivity contribution in [3.63, 3.8) is 0 Å². The van der Waals surface area contributed by atoms with E-state index in [4.69, 9.17) is 14.7 Å². The summed E-state index contributed by atoms with van der Waals surface area (Å²) in [5, 5.41) is 8.87. The van der Waals surface area contributed by atoms with Gasteiger partial charge in [-0.15, -0.1) is 0 Å². The van der Waals surface area contributed by atoms with Crippen molar-refractivity contribution in [3.8, 4) is 17.7 Å². The summed E-state index contributed by atoms with van der Waals surface area (Å²) in [6, 6.07) is 3.63. The quantitative estimate of drug-likeness (QED) is 0.709. The number of aromatic nitrogens is 1. The van der Waals surface area contributed by atoms with Crippen LogP contribution in [-0.2, 0) is 0 Å². The van der Waals surface area contributed by atoms with Crippen molar-refractivity contribution in [2.45, 2.75) is 20.3 Å². The Hall–Kier alpha value is -1.17. The van der Waals surface area contributed by atoms with Crippen LogP contribution in [0.25, 0.3) is 0 Å². The second-order valence-corrected chi connectivity index (χ2v) is 5.60. The first kappa shape index (κ1) is 15.9. The first-order chi connectivity index (χ1) is 8.84. The summed E-state index contributed by atoms with van der Waals surface area (Å²) in [5.41, 5.74) is -0.603. The average molecular weight is 382 g/mol. The molecule has 0 aliphatic rings. The predicted octanol–water partition coefficient (Wildman–Crippen LogP) is 3.26. The number of rotatable bonds is 6. The van der Waals surface area contributed by atoms with Crippen LogP contribution >= 0.6 is 22.6 Å². The molecule has 0 saturated heterocycles. The Labute approximate surface area is 123 Å². The highest BCUT2D eigenvalue weighted by Crippen LogP contribution is 2.25. The van der Waals surface area contributed by atoms with Crippen LogP contribution in [0.5, 0.6) is 11.6 Å². The third kappa shape index (κ3) is 5.55. The second kappa shape index (κ2) is 6.84. The molecular formula is C12H13F2IN2O2. The Kier molecular flexibility index (Phi) is 5.72. The first-order valence-electron chi connectivity index (χ1n) is 5.44. The molecule has 0 fully saturated rings. The molecule has 0 unspecified atom stereocenters. The van der Waals surface area contributed by atoms with Crippen molar-refractivity contribution < 1.29 is 18.3 Å². The molecule has 0 spiro atoms. The molecule has 104 valence electrons. The number of nitrogens with zero attached hydrogens (tertiary/aromatic N) is 2. The molecule has 1 aromatic rings. The number of hydrogen-bond acceptors (Lipinski definition) is 4. The summed E-state index contributed by atoms with van der Waals surface area (Å²) >= 11 is 1.99. The van der Waals surface area contributed by atoms with Gasteiger partial charge in [-0.3, -0.25) is 0 Å². The van der Waals surface area contributed by atoms with Gasteiger partial charge in [0.2, 0.25) is 5.88 Å². The fourth-order valence-corrected chi connectivity index (χ4v) is 1.59. The van der Waals surface area contributed by atoms with Crippen molar-refractivity contribution in [1.29, 1.82) is 5.26 Å². The molecule has 0 saturated carbocycles. The Balaban J connectivity index is 2.65. The van der Waals surface area contributed by atoms with Crippen LogP contribution in [0.3, 0.4) is 0 Å². The van der Waals surface area contributed by atoms with E-state index in [2.05, 4.69) is 11.1 Å². The molecule has 1 heterocycles. The highest BCUT2D eigenvalue weighted by atomic mass is 127. The second-order valence-electron chi connectivity index (χ2n) is 4.44. The maximum absolute atomic E-state index is 12.0. The van der Waals surface area contributed by atoms with Gasteiger partial charge in [0.05, 0.1) is 21.3 Å². The van der Waals surface area contributed by atoms with E-state index in [0.717, 1.165) is 0 Å². The van der Waals surface area contributed by atoms with Gasteiger partial charge in [-0.25, -0.2) is 13.8 Å². The predicted molar refractivity (Wildman–Crippen MR) is 73.3 cm³/mol.